The van der Waals surface area contributed by atoms with Crippen LogP contribution in [0, 0.1) is 11.8 Å². The molecular formula is C11H23N3O. The van der Waals surface area contributed by atoms with Gasteiger partial charge in [-0.3, -0.25) is 4.79 Å². The molecule has 0 aliphatic carbocycles. The van der Waals surface area contributed by atoms with E-state index in [1.54, 1.807) is 0 Å². The highest BCUT2D eigenvalue weighted by Gasteiger charge is 2.22. The van der Waals surface area contributed by atoms with Crippen LogP contribution >= 0.6 is 0 Å². The van der Waals surface area contributed by atoms with Crippen molar-refractivity contribution in [2.24, 2.45) is 17.6 Å². The highest BCUT2D eigenvalue weighted by molar-refractivity contribution is 5.78. The van der Waals surface area contributed by atoms with Crippen LogP contribution in [0.5, 0.6) is 0 Å². The van der Waals surface area contributed by atoms with E-state index in [1.807, 2.05) is 13.8 Å². The van der Waals surface area contributed by atoms with E-state index in [1.165, 1.54) is 6.42 Å². The molecule has 0 spiro atoms. The first kappa shape index (κ1) is 12.5. The van der Waals surface area contributed by atoms with E-state index in [0.717, 1.165) is 19.6 Å². The van der Waals surface area contributed by atoms with Gasteiger partial charge in [0.15, 0.2) is 0 Å². The molecule has 3 N–H and O–H groups in total. The molecule has 0 aromatic rings. The summed E-state index contributed by atoms with van der Waals surface area (Å²) in [4.78, 5) is 13.9. The van der Waals surface area contributed by atoms with Crippen LogP contribution in [0.3, 0.4) is 0 Å². The van der Waals surface area contributed by atoms with Crippen molar-refractivity contribution in [3.8, 4) is 0 Å². The fourth-order valence-electron chi connectivity index (χ4n) is 1.84. The summed E-state index contributed by atoms with van der Waals surface area (Å²) >= 11 is 0. The molecular weight excluding hydrogens is 190 g/mol. The first-order valence-corrected chi connectivity index (χ1v) is 5.72. The number of hydrogen-bond donors (Lipinski definition) is 2. The summed E-state index contributed by atoms with van der Waals surface area (Å²) in [5.74, 6) is 0.600. The normalized spacial score (nSPS) is 26.3. The fourth-order valence-corrected chi connectivity index (χ4v) is 1.84. The van der Waals surface area contributed by atoms with E-state index in [9.17, 15) is 4.79 Å². The van der Waals surface area contributed by atoms with Crippen molar-refractivity contribution >= 4 is 5.91 Å². The van der Waals surface area contributed by atoms with E-state index < -0.39 is 0 Å². The summed E-state index contributed by atoms with van der Waals surface area (Å²) in [7, 11) is 2.12. The van der Waals surface area contributed by atoms with Crippen LogP contribution in [0.4, 0.5) is 0 Å². The number of nitrogens with two attached hydrogens (primary N) is 1. The lowest BCUT2D eigenvalue weighted by molar-refractivity contribution is -0.125. The predicted octanol–water partition coefficient (Wildman–Crippen LogP) is 0.0376. The van der Waals surface area contributed by atoms with Crippen LogP contribution in [0.25, 0.3) is 0 Å². The van der Waals surface area contributed by atoms with Gasteiger partial charge in [0.1, 0.15) is 0 Å². The Bertz CT molecular complexity index is 218. The molecule has 15 heavy (non-hydrogen) atoms. The maximum Gasteiger partial charge on any atom is 0.224 e. The molecule has 3 unspecified atom stereocenters. The molecule has 1 aliphatic rings. The summed E-state index contributed by atoms with van der Waals surface area (Å²) < 4.78 is 0. The largest absolute Gasteiger partial charge is 0.355 e. The maximum atomic E-state index is 11.6. The van der Waals surface area contributed by atoms with Gasteiger partial charge in [-0.15, -0.1) is 0 Å². The minimum absolute atomic E-state index is 0.0729. The third-order valence-corrected chi connectivity index (χ3v) is 3.26. The van der Waals surface area contributed by atoms with E-state index in [4.69, 9.17) is 5.73 Å². The van der Waals surface area contributed by atoms with Crippen LogP contribution in [0.15, 0.2) is 0 Å². The molecule has 1 fully saturated rings. The molecule has 1 amide bonds. The monoisotopic (exact) mass is 213 g/mol. The summed E-state index contributed by atoms with van der Waals surface area (Å²) in [5, 5.41) is 2.98. The molecule has 1 saturated heterocycles. The van der Waals surface area contributed by atoms with Gasteiger partial charge in [-0.25, -0.2) is 0 Å². The smallest absolute Gasteiger partial charge is 0.224 e. The zero-order valence-corrected chi connectivity index (χ0v) is 9.99. The summed E-state index contributed by atoms with van der Waals surface area (Å²) in [5.41, 5.74) is 5.67. The standard InChI is InChI=1S/C11H23N3O/c1-8(9(2)12)11(15)13-6-10-4-5-14(3)7-10/h8-10H,4-7,12H2,1-3H3,(H,13,15). The van der Waals surface area contributed by atoms with Crippen LogP contribution < -0.4 is 11.1 Å². The zero-order valence-electron chi connectivity index (χ0n) is 9.99. The molecule has 0 aromatic carbocycles. The van der Waals surface area contributed by atoms with Gasteiger partial charge < -0.3 is 16.0 Å². The van der Waals surface area contributed by atoms with E-state index >= 15 is 0 Å². The number of hydrogen-bond acceptors (Lipinski definition) is 3. The molecule has 4 nitrogen and oxygen atoms in total. The molecule has 0 bridgehead atoms. The van der Waals surface area contributed by atoms with Crippen LogP contribution in [0.1, 0.15) is 20.3 Å². The average Bonchev–Trinajstić information content (AvgIpc) is 2.59. The van der Waals surface area contributed by atoms with E-state index in [0.29, 0.717) is 5.92 Å². The second-order valence-corrected chi connectivity index (χ2v) is 4.81. The minimum atomic E-state index is -0.0934. The molecule has 0 saturated carbocycles. The third kappa shape index (κ3) is 3.80. The average molecular weight is 213 g/mol. The molecule has 3 atom stereocenters. The van der Waals surface area contributed by atoms with Crippen molar-refractivity contribution in [3.63, 3.8) is 0 Å². The van der Waals surface area contributed by atoms with Gasteiger partial charge in [0.2, 0.25) is 5.91 Å². The van der Waals surface area contributed by atoms with Gasteiger partial charge in [0.25, 0.3) is 0 Å². The molecule has 1 heterocycles. The Kier molecular flexibility index (Phi) is 4.54. The fraction of sp³-hybridized carbons (Fsp3) is 0.909. The third-order valence-electron chi connectivity index (χ3n) is 3.26. The Morgan fingerprint density at radius 3 is 2.73 bits per heavy atom. The first-order chi connectivity index (χ1) is 7.00. The van der Waals surface area contributed by atoms with Gasteiger partial charge >= 0.3 is 0 Å². The van der Waals surface area contributed by atoms with Crippen molar-refractivity contribution in [1.29, 1.82) is 0 Å². The highest BCUT2D eigenvalue weighted by atomic mass is 16.1. The first-order valence-electron chi connectivity index (χ1n) is 5.72. The van der Waals surface area contributed by atoms with E-state index in [-0.39, 0.29) is 17.9 Å². The SMILES string of the molecule is CC(N)C(C)C(=O)NCC1CCN(C)C1. The quantitative estimate of drug-likeness (QED) is 0.693. The summed E-state index contributed by atoms with van der Waals surface area (Å²) in [6.07, 6.45) is 1.18. The van der Waals surface area contributed by atoms with Crippen LogP contribution in [0.2, 0.25) is 0 Å². The molecule has 4 heteroatoms. The number of carbonyl (C=O) groups is 1. The molecule has 0 radical (unpaired) electrons. The van der Waals surface area contributed by atoms with Crippen molar-refractivity contribution in [2.45, 2.75) is 26.3 Å². The number of carbonyl (C=O) groups excluding carboxylic acids is 1. The lowest BCUT2D eigenvalue weighted by Gasteiger charge is -2.17. The van der Waals surface area contributed by atoms with Crippen molar-refractivity contribution in [1.82, 2.24) is 10.2 Å². The van der Waals surface area contributed by atoms with Gasteiger partial charge in [0.05, 0.1) is 0 Å². The Labute approximate surface area is 92.2 Å². The number of rotatable bonds is 4. The van der Waals surface area contributed by atoms with Crippen molar-refractivity contribution < 1.29 is 4.79 Å². The van der Waals surface area contributed by atoms with Crippen LogP contribution in [-0.4, -0.2) is 43.5 Å². The maximum absolute atomic E-state index is 11.6. The summed E-state index contributed by atoms with van der Waals surface area (Å²) in [6, 6.07) is -0.0729. The van der Waals surface area contributed by atoms with E-state index in [2.05, 4.69) is 17.3 Å². The summed E-state index contributed by atoms with van der Waals surface area (Å²) in [6.45, 7) is 6.77. The van der Waals surface area contributed by atoms with Crippen molar-refractivity contribution in [2.75, 3.05) is 26.7 Å². The Morgan fingerprint density at radius 2 is 2.27 bits per heavy atom. The van der Waals surface area contributed by atoms with Crippen molar-refractivity contribution in [3.05, 3.63) is 0 Å². The number of nitrogens with one attached hydrogen (secondary N) is 1. The number of nitrogens with zero attached hydrogens (tertiary/aromatic N) is 1. The lowest BCUT2D eigenvalue weighted by Crippen LogP contribution is -2.40. The Balaban J connectivity index is 2.22. The second-order valence-electron chi connectivity index (χ2n) is 4.81. The lowest BCUT2D eigenvalue weighted by atomic mass is 10.0. The predicted molar refractivity (Wildman–Crippen MR) is 61.4 cm³/mol. The molecule has 1 rings (SSSR count). The van der Waals surface area contributed by atoms with Crippen LogP contribution in [-0.2, 0) is 4.79 Å². The van der Waals surface area contributed by atoms with Gasteiger partial charge in [-0.1, -0.05) is 6.92 Å². The molecule has 0 aromatic heterocycles. The number of likely N-dealkylation sites (tertiary alicyclic amines) is 1. The Hall–Kier alpha value is -0.610. The zero-order chi connectivity index (χ0) is 11.4. The number of amides is 1. The highest BCUT2D eigenvalue weighted by Crippen LogP contribution is 2.13. The van der Waals surface area contributed by atoms with Gasteiger partial charge in [0, 0.05) is 25.0 Å². The molecule has 1 aliphatic heterocycles. The van der Waals surface area contributed by atoms with Gasteiger partial charge in [-0.2, -0.15) is 0 Å². The van der Waals surface area contributed by atoms with Gasteiger partial charge in [-0.05, 0) is 32.9 Å². The topological polar surface area (TPSA) is 58.4 Å². The molecule has 88 valence electrons. The Morgan fingerprint density at radius 1 is 1.60 bits per heavy atom. The second kappa shape index (κ2) is 5.47. The minimum Gasteiger partial charge on any atom is -0.355 e.